The lowest BCUT2D eigenvalue weighted by atomic mass is 10.00. The molecule has 1 saturated heterocycles. The minimum Gasteiger partial charge on any atom is -0.393 e. The number of nitrogens with two attached hydrogens (primary N) is 1. The molecule has 3 rings (SSSR count). The normalized spacial score (nSPS) is 27.8. The van der Waals surface area contributed by atoms with E-state index in [2.05, 4.69) is 10.4 Å². The van der Waals surface area contributed by atoms with E-state index in [1.165, 1.54) is 0 Å². The Balaban J connectivity index is 1.80. The van der Waals surface area contributed by atoms with Gasteiger partial charge in [-0.1, -0.05) is 6.92 Å². The van der Waals surface area contributed by atoms with Crippen molar-refractivity contribution in [3.63, 3.8) is 0 Å². The first-order valence-corrected chi connectivity index (χ1v) is 7.57. The van der Waals surface area contributed by atoms with Crippen molar-refractivity contribution in [2.24, 2.45) is 17.7 Å². The molecule has 2 heterocycles. The monoisotopic (exact) mass is 290 g/mol. The first kappa shape index (κ1) is 14.3. The van der Waals surface area contributed by atoms with Crippen LogP contribution in [0.15, 0.2) is 12.1 Å². The van der Waals surface area contributed by atoms with Crippen molar-refractivity contribution in [3.05, 3.63) is 23.4 Å². The predicted octanol–water partition coefficient (Wildman–Crippen LogP) is 0.772. The molecular formula is C15H22N4O2. The number of aliphatic hydroxyl groups excluding tert-OH is 1. The minimum absolute atomic E-state index is 0.00481. The van der Waals surface area contributed by atoms with Crippen LogP contribution >= 0.6 is 0 Å². The van der Waals surface area contributed by atoms with E-state index in [0.717, 1.165) is 31.5 Å². The van der Waals surface area contributed by atoms with E-state index in [1.54, 1.807) is 6.07 Å². The molecule has 4 N–H and O–H groups in total. The number of carbonyl (C=O) groups is 1. The minimum atomic E-state index is -0.252. The average molecular weight is 290 g/mol. The van der Waals surface area contributed by atoms with E-state index >= 15 is 0 Å². The highest BCUT2D eigenvalue weighted by atomic mass is 16.3. The summed E-state index contributed by atoms with van der Waals surface area (Å²) in [6.45, 7) is 3.39. The molecule has 1 amide bonds. The Bertz CT molecular complexity index is 526. The van der Waals surface area contributed by atoms with Crippen LogP contribution in [0.5, 0.6) is 0 Å². The molecule has 3 atom stereocenters. The maximum atomic E-state index is 12.7. The lowest BCUT2D eigenvalue weighted by molar-refractivity contribution is 0.0752. The standard InChI is InChI=1S/C15H22N4O2/c1-2-11-5-10(6-14(17-11)18-16)15(21)19-7-9-3-4-13(20)12(9)8-19/h5-6,9,12-13,20H,2-4,7-8,16H2,1H3,(H,17,18). The lowest BCUT2D eigenvalue weighted by Crippen LogP contribution is -2.31. The van der Waals surface area contributed by atoms with Gasteiger partial charge in [-0.3, -0.25) is 4.79 Å². The molecule has 1 aliphatic heterocycles. The number of nitrogen functional groups attached to an aromatic ring is 1. The maximum Gasteiger partial charge on any atom is 0.254 e. The number of carbonyl (C=O) groups excluding carboxylic acids is 1. The number of fused-ring (bicyclic) bond motifs is 1. The lowest BCUT2D eigenvalue weighted by Gasteiger charge is -2.19. The second-order valence-electron chi connectivity index (χ2n) is 6.01. The Labute approximate surface area is 124 Å². The van der Waals surface area contributed by atoms with Gasteiger partial charge in [0.15, 0.2) is 0 Å². The van der Waals surface area contributed by atoms with Crippen LogP contribution in [0.3, 0.4) is 0 Å². The van der Waals surface area contributed by atoms with Crippen LogP contribution in [0, 0.1) is 11.8 Å². The second-order valence-corrected chi connectivity index (χ2v) is 6.01. The van der Waals surface area contributed by atoms with Crippen molar-refractivity contribution in [1.82, 2.24) is 9.88 Å². The Kier molecular flexibility index (Phi) is 3.82. The zero-order valence-electron chi connectivity index (χ0n) is 12.2. The number of likely N-dealkylation sites (tertiary alicyclic amines) is 1. The van der Waals surface area contributed by atoms with Crippen LogP contribution in [0.2, 0.25) is 0 Å². The predicted molar refractivity (Wildman–Crippen MR) is 79.5 cm³/mol. The van der Waals surface area contributed by atoms with Crippen LogP contribution in [0.25, 0.3) is 0 Å². The first-order chi connectivity index (χ1) is 10.1. The van der Waals surface area contributed by atoms with Gasteiger partial charge >= 0.3 is 0 Å². The molecule has 0 aromatic carbocycles. The van der Waals surface area contributed by atoms with Gasteiger partial charge in [-0.15, -0.1) is 0 Å². The fraction of sp³-hybridized carbons (Fsp3) is 0.600. The van der Waals surface area contributed by atoms with Crippen molar-refractivity contribution in [3.8, 4) is 0 Å². The number of amides is 1. The molecule has 1 aromatic heterocycles. The average Bonchev–Trinajstić information content (AvgIpc) is 3.08. The van der Waals surface area contributed by atoms with Gasteiger partial charge in [-0.05, 0) is 37.3 Å². The molecule has 0 spiro atoms. The summed E-state index contributed by atoms with van der Waals surface area (Å²) in [6.07, 6.45) is 2.38. The highest BCUT2D eigenvalue weighted by Gasteiger charge is 2.43. The third-order valence-electron chi connectivity index (χ3n) is 4.74. The molecule has 1 aliphatic carbocycles. The number of hydrogen-bond donors (Lipinski definition) is 3. The van der Waals surface area contributed by atoms with Gasteiger partial charge in [0.2, 0.25) is 0 Å². The largest absolute Gasteiger partial charge is 0.393 e. The fourth-order valence-corrected chi connectivity index (χ4v) is 3.55. The summed E-state index contributed by atoms with van der Waals surface area (Å²) in [5.41, 5.74) is 3.97. The van der Waals surface area contributed by atoms with Gasteiger partial charge in [0, 0.05) is 30.3 Å². The molecule has 2 fully saturated rings. The molecule has 0 bridgehead atoms. The highest BCUT2D eigenvalue weighted by Crippen LogP contribution is 2.38. The van der Waals surface area contributed by atoms with Crippen molar-refractivity contribution >= 4 is 11.7 Å². The van der Waals surface area contributed by atoms with E-state index in [0.29, 0.717) is 23.8 Å². The number of hydrazine groups is 1. The molecular weight excluding hydrogens is 268 g/mol. The van der Waals surface area contributed by atoms with Crippen LogP contribution in [0.1, 0.15) is 35.8 Å². The van der Waals surface area contributed by atoms with Crippen LogP contribution < -0.4 is 11.3 Å². The Hall–Kier alpha value is -1.66. The number of pyridine rings is 1. The number of nitrogens with one attached hydrogen (secondary N) is 1. The fourth-order valence-electron chi connectivity index (χ4n) is 3.55. The summed E-state index contributed by atoms with van der Waals surface area (Å²) in [4.78, 5) is 18.8. The third-order valence-corrected chi connectivity index (χ3v) is 4.74. The quantitative estimate of drug-likeness (QED) is 0.565. The number of nitrogens with zero attached hydrogens (tertiary/aromatic N) is 2. The molecule has 114 valence electrons. The van der Waals surface area contributed by atoms with Gasteiger partial charge in [0.25, 0.3) is 5.91 Å². The van der Waals surface area contributed by atoms with Crippen molar-refractivity contribution in [1.29, 1.82) is 0 Å². The first-order valence-electron chi connectivity index (χ1n) is 7.57. The molecule has 1 saturated carbocycles. The van der Waals surface area contributed by atoms with E-state index in [9.17, 15) is 9.90 Å². The molecule has 21 heavy (non-hydrogen) atoms. The zero-order valence-corrected chi connectivity index (χ0v) is 12.2. The van der Waals surface area contributed by atoms with Crippen molar-refractivity contribution in [2.45, 2.75) is 32.3 Å². The number of aryl methyl sites for hydroxylation is 1. The highest BCUT2D eigenvalue weighted by molar-refractivity contribution is 5.95. The van der Waals surface area contributed by atoms with Gasteiger partial charge in [-0.2, -0.15) is 0 Å². The molecule has 1 aromatic rings. The van der Waals surface area contributed by atoms with E-state index in [1.807, 2.05) is 17.9 Å². The van der Waals surface area contributed by atoms with Gasteiger partial charge in [0.05, 0.1) is 6.10 Å². The Morgan fingerprint density at radius 1 is 1.48 bits per heavy atom. The van der Waals surface area contributed by atoms with Crippen LogP contribution in [0.4, 0.5) is 5.82 Å². The van der Waals surface area contributed by atoms with Gasteiger partial charge in [0.1, 0.15) is 5.82 Å². The summed E-state index contributed by atoms with van der Waals surface area (Å²) in [6, 6.07) is 3.51. The topological polar surface area (TPSA) is 91.5 Å². The third kappa shape index (κ3) is 2.61. The maximum absolute atomic E-state index is 12.7. The smallest absolute Gasteiger partial charge is 0.254 e. The number of hydrogen-bond acceptors (Lipinski definition) is 5. The van der Waals surface area contributed by atoms with E-state index < -0.39 is 0 Å². The summed E-state index contributed by atoms with van der Waals surface area (Å²) < 4.78 is 0. The number of anilines is 1. The van der Waals surface area contributed by atoms with Gasteiger partial charge in [-0.25, -0.2) is 10.8 Å². The molecule has 3 unspecified atom stereocenters. The summed E-state index contributed by atoms with van der Waals surface area (Å²) in [5, 5.41) is 9.96. The number of rotatable bonds is 3. The van der Waals surface area contributed by atoms with E-state index in [-0.39, 0.29) is 17.9 Å². The van der Waals surface area contributed by atoms with Crippen LogP contribution in [-0.4, -0.2) is 40.1 Å². The van der Waals surface area contributed by atoms with Gasteiger partial charge < -0.3 is 15.4 Å². The van der Waals surface area contributed by atoms with E-state index in [4.69, 9.17) is 5.84 Å². The molecule has 6 nitrogen and oxygen atoms in total. The molecule has 2 aliphatic rings. The zero-order chi connectivity index (χ0) is 15.0. The number of aliphatic hydroxyl groups is 1. The van der Waals surface area contributed by atoms with Crippen LogP contribution in [-0.2, 0) is 6.42 Å². The summed E-state index contributed by atoms with van der Waals surface area (Å²) in [7, 11) is 0. The Morgan fingerprint density at radius 2 is 2.29 bits per heavy atom. The SMILES string of the molecule is CCc1cc(C(=O)N2CC3CCC(O)C3C2)cc(NN)n1. The summed E-state index contributed by atoms with van der Waals surface area (Å²) in [5.74, 6) is 6.63. The van der Waals surface area contributed by atoms with Crippen molar-refractivity contribution in [2.75, 3.05) is 18.5 Å². The molecule has 0 radical (unpaired) electrons. The molecule has 6 heteroatoms. The second kappa shape index (κ2) is 5.61. The summed E-state index contributed by atoms with van der Waals surface area (Å²) >= 11 is 0. The number of aromatic nitrogens is 1. The van der Waals surface area contributed by atoms with Crippen molar-refractivity contribution < 1.29 is 9.90 Å². The Morgan fingerprint density at radius 3 is 2.95 bits per heavy atom.